The number of nitrogens with zero attached hydrogens (tertiary/aromatic N) is 1. The van der Waals surface area contributed by atoms with Gasteiger partial charge in [-0.2, -0.15) is 0 Å². The van der Waals surface area contributed by atoms with Crippen molar-refractivity contribution in [2.24, 2.45) is 5.73 Å². The highest BCUT2D eigenvalue weighted by atomic mass is 35.5. The number of rotatable bonds is 5. The topological polar surface area (TPSA) is 112 Å². The van der Waals surface area contributed by atoms with Gasteiger partial charge in [0.05, 0.1) is 35.7 Å². The number of hydrogen-bond donors (Lipinski definition) is 2. The van der Waals surface area contributed by atoms with Crippen LogP contribution in [-0.4, -0.2) is 28.7 Å². The Morgan fingerprint density at radius 2 is 1.90 bits per heavy atom. The van der Waals surface area contributed by atoms with Crippen LogP contribution < -0.4 is 11.3 Å². The number of benzene rings is 2. The van der Waals surface area contributed by atoms with Crippen molar-refractivity contribution in [3.05, 3.63) is 73.5 Å². The second kappa shape index (κ2) is 8.14. The van der Waals surface area contributed by atoms with E-state index < -0.39 is 23.3 Å². The second-order valence-electron chi connectivity index (χ2n) is 6.30. The lowest BCUT2D eigenvalue weighted by molar-refractivity contribution is -0.117. The van der Waals surface area contributed by atoms with E-state index >= 15 is 0 Å². The van der Waals surface area contributed by atoms with E-state index in [-0.39, 0.29) is 34.9 Å². The first-order valence-corrected chi connectivity index (χ1v) is 9.18. The number of ether oxygens (including phenoxy) is 1. The third-order valence-electron chi connectivity index (χ3n) is 4.45. The molecular formula is C20H16Cl2N2O5. The molecule has 1 aromatic heterocycles. The smallest absolute Gasteiger partial charge is 0.338 e. The molecule has 0 aliphatic carbocycles. The highest BCUT2D eigenvalue weighted by Gasteiger charge is 2.23. The first-order chi connectivity index (χ1) is 13.7. The van der Waals surface area contributed by atoms with Crippen molar-refractivity contribution >= 4 is 45.9 Å². The van der Waals surface area contributed by atoms with Crippen molar-refractivity contribution in [3.63, 3.8) is 0 Å². The number of amides is 1. The zero-order valence-corrected chi connectivity index (χ0v) is 16.8. The third-order valence-corrected chi connectivity index (χ3v) is 5.19. The monoisotopic (exact) mass is 434 g/mol. The molecule has 0 aliphatic rings. The molecule has 150 valence electrons. The minimum Gasteiger partial charge on any atom is -0.494 e. The number of hydrogen-bond acceptors (Lipinski definition) is 5. The Morgan fingerprint density at radius 1 is 1.17 bits per heavy atom. The molecule has 3 rings (SSSR count). The van der Waals surface area contributed by atoms with E-state index in [9.17, 15) is 19.5 Å². The Hall–Kier alpha value is -3.03. The van der Waals surface area contributed by atoms with Crippen LogP contribution in [0.2, 0.25) is 10.0 Å². The average molecular weight is 435 g/mol. The first-order valence-electron chi connectivity index (χ1n) is 8.42. The number of carbonyl (C=O) groups excluding carboxylic acids is 2. The van der Waals surface area contributed by atoms with Crippen molar-refractivity contribution in [1.29, 1.82) is 0 Å². The van der Waals surface area contributed by atoms with Crippen LogP contribution in [0.3, 0.4) is 0 Å². The Morgan fingerprint density at radius 3 is 2.52 bits per heavy atom. The summed E-state index contributed by atoms with van der Waals surface area (Å²) in [4.78, 5) is 36.9. The number of methoxy groups -OCH3 is 1. The maximum absolute atomic E-state index is 13.1. The summed E-state index contributed by atoms with van der Waals surface area (Å²) in [7, 11) is 1.19. The molecule has 7 nitrogen and oxygen atoms in total. The number of halogens is 2. The van der Waals surface area contributed by atoms with Crippen LogP contribution in [-0.2, 0) is 22.5 Å². The summed E-state index contributed by atoms with van der Waals surface area (Å²) >= 11 is 12.0. The van der Waals surface area contributed by atoms with Gasteiger partial charge in [0.2, 0.25) is 5.91 Å². The van der Waals surface area contributed by atoms with Crippen LogP contribution in [0.1, 0.15) is 21.5 Å². The Bertz CT molecular complexity index is 1200. The van der Waals surface area contributed by atoms with Crippen LogP contribution in [0.25, 0.3) is 10.8 Å². The quantitative estimate of drug-likeness (QED) is 0.599. The number of pyridine rings is 1. The highest BCUT2D eigenvalue weighted by Crippen LogP contribution is 2.30. The maximum Gasteiger partial charge on any atom is 0.338 e. The van der Waals surface area contributed by atoms with Gasteiger partial charge in [-0.3, -0.25) is 14.2 Å². The summed E-state index contributed by atoms with van der Waals surface area (Å²) in [6, 6.07) is 9.26. The Labute approximate surface area is 175 Å². The molecule has 0 atom stereocenters. The van der Waals surface area contributed by atoms with E-state index in [1.807, 2.05) is 0 Å². The molecule has 1 heterocycles. The zero-order chi connectivity index (χ0) is 21.3. The number of primary amides is 1. The summed E-state index contributed by atoms with van der Waals surface area (Å²) in [5, 5.41) is 11.7. The van der Waals surface area contributed by atoms with Crippen LogP contribution in [0.15, 0.2) is 41.2 Å². The molecule has 0 aliphatic heterocycles. The van der Waals surface area contributed by atoms with Crippen molar-refractivity contribution < 1.29 is 19.4 Å². The molecule has 0 radical (unpaired) electrons. The van der Waals surface area contributed by atoms with Gasteiger partial charge in [-0.25, -0.2) is 4.79 Å². The van der Waals surface area contributed by atoms with Gasteiger partial charge in [-0.1, -0.05) is 35.3 Å². The van der Waals surface area contributed by atoms with Crippen LogP contribution >= 0.6 is 23.2 Å². The standard InChI is InChI=1S/C20H16Cl2N2O5/c1-29-20(28)12-4-2-3-11-17(12)13(8-16(23)25)19(27)24(18(11)26)9-10-5-6-14(21)15(22)7-10/h2-7,27H,8-9H2,1H3,(H2,23,25). The summed E-state index contributed by atoms with van der Waals surface area (Å²) in [6.45, 7) is -0.0360. The maximum atomic E-state index is 13.1. The normalized spacial score (nSPS) is 10.9. The van der Waals surface area contributed by atoms with Crippen molar-refractivity contribution in [2.45, 2.75) is 13.0 Å². The molecule has 9 heteroatoms. The molecular weight excluding hydrogens is 419 g/mol. The third kappa shape index (κ3) is 3.92. The molecule has 1 amide bonds. The van der Waals surface area contributed by atoms with Gasteiger partial charge in [-0.05, 0) is 29.8 Å². The van der Waals surface area contributed by atoms with Crippen molar-refractivity contribution in [1.82, 2.24) is 4.57 Å². The summed E-state index contributed by atoms with van der Waals surface area (Å²) < 4.78 is 5.85. The van der Waals surface area contributed by atoms with E-state index in [0.717, 1.165) is 4.57 Å². The average Bonchev–Trinajstić information content (AvgIpc) is 2.69. The number of aromatic nitrogens is 1. The molecule has 0 fully saturated rings. The van der Waals surface area contributed by atoms with Gasteiger partial charge in [0.15, 0.2) is 5.88 Å². The molecule has 0 unspecified atom stereocenters. The van der Waals surface area contributed by atoms with Crippen LogP contribution in [0, 0.1) is 0 Å². The summed E-state index contributed by atoms with van der Waals surface area (Å²) in [6.07, 6.45) is -0.377. The van der Waals surface area contributed by atoms with E-state index in [2.05, 4.69) is 0 Å². The van der Waals surface area contributed by atoms with Crippen LogP contribution in [0.5, 0.6) is 5.88 Å². The SMILES string of the molecule is COC(=O)c1cccc2c(=O)n(Cc3ccc(Cl)c(Cl)c3)c(O)c(CC(N)=O)c12. The van der Waals surface area contributed by atoms with Gasteiger partial charge >= 0.3 is 5.97 Å². The Balaban J connectivity index is 2.32. The lowest BCUT2D eigenvalue weighted by atomic mass is 9.98. The predicted molar refractivity (Wildman–Crippen MR) is 110 cm³/mol. The molecule has 2 aromatic carbocycles. The minimum absolute atomic E-state index is 0.0360. The predicted octanol–water partition coefficient (Wildman–Crippen LogP) is 2.88. The van der Waals surface area contributed by atoms with E-state index in [1.54, 1.807) is 18.2 Å². The Kier molecular flexibility index (Phi) is 5.81. The fraction of sp³-hybridized carbons (Fsp3) is 0.150. The fourth-order valence-electron chi connectivity index (χ4n) is 3.16. The molecule has 0 saturated carbocycles. The second-order valence-corrected chi connectivity index (χ2v) is 7.12. The van der Waals surface area contributed by atoms with Crippen molar-refractivity contribution in [3.8, 4) is 5.88 Å². The number of carbonyl (C=O) groups is 2. The van der Waals surface area contributed by atoms with Gasteiger partial charge in [0.1, 0.15) is 0 Å². The van der Waals surface area contributed by atoms with Gasteiger partial charge in [0.25, 0.3) is 5.56 Å². The number of aromatic hydroxyl groups is 1. The van der Waals surface area contributed by atoms with E-state index in [1.165, 1.54) is 25.3 Å². The molecule has 0 spiro atoms. The van der Waals surface area contributed by atoms with Crippen molar-refractivity contribution in [2.75, 3.05) is 7.11 Å². The summed E-state index contributed by atoms with van der Waals surface area (Å²) in [5.41, 5.74) is 5.50. The molecule has 3 N–H and O–H groups in total. The largest absolute Gasteiger partial charge is 0.494 e. The number of nitrogens with two attached hydrogens (primary N) is 1. The van der Waals surface area contributed by atoms with E-state index in [4.69, 9.17) is 33.7 Å². The lowest BCUT2D eigenvalue weighted by Gasteiger charge is -2.17. The lowest BCUT2D eigenvalue weighted by Crippen LogP contribution is -2.25. The van der Waals surface area contributed by atoms with E-state index in [0.29, 0.717) is 15.6 Å². The van der Waals surface area contributed by atoms with Gasteiger partial charge in [0, 0.05) is 16.3 Å². The minimum atomic E-state index is -0.735. The van der Waals surface area contributed by atoms with Gasteiger partial charge in [-0.15, -0.1) is 0 Å². The fourth-order valence-corrected chi connectivity index (χ4v) is 3.48. The number of fused-ring (bicyclic) bond motifs is 1. The zero-order valence-electron chi connectivity index (χ0n) is 15.2. The van der Waals surface area contributed by atoms with Crippen LogP contribution in [0.4, 0.5) is 0 Å². The molecule has 3 aromatic rings. The molecule has 0 bridgehead atoms. The highest BCUT2D eigenvalue weighted by molar-refractivity contribution is 6.42. The van der Waals surface area contributed by atoms with Gasteiger partial charge < -0.3 is 15.6 Å². The first kappa shape index (κ1) is 20.7. The molecule has 29 heavy (non-hydrogen) atoms. The summed E-state index contributed by atoms with van der Waals surface area (Å²) in [5.74, 6) is -1.91. The number of esters is 1. The molecule has 0 saturated heterocycles.